The Morgan fingerprint density at radius 1 is 1.24 bits per heavy atom. The summed E-state index contributed by atoms with van der Waals surface area (Å²) < 4.78 is 7.02. The monoisotopic (exact) mass is 336 g/mol. The van der Waals surface area contributed by atoms with Gasteiger partial charge in [-0.3, -0.25) is 9.56 Å². The van der Waals surface area contributed by atoms with Gasteiger partial charge in [-0.1, -0.05) is 0 Å². The van der Waals surface area contributed by atoms with E-state index in [9.17, 15) is 4.79 Å². The Bertz CT molecular complexity index is 964. The zero-order valence-electron chi connectivity index (χ0n) is 13.4. The lowest BCUT2D eigenvalue weighted by molar-refractivity contribution is 0.197. The number of carboxylic acid groups (broad SMARTS) is 1. The number of fused-ring (bicyclic) bond motifs is 1. The van der Waals surface area contributed by atoms with Gasteiger partial charge in [-0.05, 0) is 43.3 Å². The van der Waals surface area contributed by atoms with E-state index in [1.807, 2.05) is 12.3 Å². The van der Waals surface area contributed by atoms with E-state index in [1.54, 1.807) is 24.3 Å². The molecular weight excluding hydrogens is 320 g/mol. The normalized spacial score (nSPS) is 16.9. The first-order valence-electron chi connectivity index (χ1n) is 8.03. The molecular formula is C18H16N4O3. The summed E-state index contributed by atoms with van der Waals surface area (Å²) in [5, 5.41) is 9.93. The predicted molar refractivity (Wildman–Crippen MR) is 92.8 cm³/mol. The third kappa shape index (κ3) is 3.08. The summed E-state index contributed by atoms with van der Waals surface area (Å²) >= 11 is 0. The SMILES string of the molecule is O=C(O)n1ccc2cc(Oc3cc(C4CC=NCC4)ncn3)ccc21. The maximum absolute atomic E-state index is 11.1. The van der Waals surface area contributed by atoms with Crippen molar-refractivity contribution in [3.63, 3.8) is 0 Å². The Kier molecular flexibility index (Phi) is 3.89. The fourth-order valence-electron chi connectivity index (χ4n) is 3.01. The molecule has 0 bridgehead atoms. The Morgan fingerprint density at radius 2 is 2.16 bits per heavy atom. The molecule has 0 saturated carbocycles. The van der Waals surface area contributed by atoms with Crippen molar-refractivity contribution in [2.24, 2.45) is 4.99 Å². The lowest BCUT2D eigenvalue weighted by Crippen LogP contribution is -2.09. The summed E-state index contributed by atoms with van der Waals surface area (Å²) in [6.07, 6.45) is 5.81. The van der Waals surface area contributed by atoms with Gasteiger partial charge in [0, 0.05) is 30.1 Å². The number of hydrogen-bond acceptors (Lipinski definition) is 5. The van der Waals surface area contributed by atoms with E-state index in [1.165, 1.54) is 17.1 Å². The Labute approximate surface area is 143 Å². The minimum atomic E-state index is -1.01. The van der Waals surface area contributed by atoms with Crippen molar-refractivity contribution >= 4 is 23.2 Å². The first-order chi connectivity index (χ1) is 12.2. The van der Waals surface area contributed by atoms with E-state index >= 15 is 0 Å². The Morgan fingerprint density at radius 3 is 2.96 bits per heavy atom. The van der Waals surface area contributed by atoms with E-state index in [0.29, 0.717) is 23.1 Å². The second-order valence-electron chi connectivity index (χ2n) is 5.88. The lowest BCUT2D eigenvalue weighted by Gasteiger charge is -2.16. The van der Waals surface area contributed by atoms with Crippen molar-refractivity contribution in [3.05, 3.63) is 48.5 Å². The van der Waals surface area contributed by atoms with Crippen LogP contribution in [0.25, 0.3) is 10.9 Å². The molecule has 25 heavy (non-hydrogen) atoms. The minimum Gasteiger partial charge on any atom is -0.464 e. The number of rotatable bonds is 3. The van der Waals surface area contributed by atoms with E-state index in [-0.39, 0.29) is 0 Å². The van der Waals surface area contributed by atoms with Crippen LogP contribution >= 0.6 is 0 Å². The molecule has 0 amide bonds. The second kappa shape index (κ2) is 6.35. The molecule has 3 aromatic rings. The van der Waals surface area contributed by atoms with Crippen LogP contribution < -0.4 is 4.74 Å². The maximum Gasteiger partial charge on any atom is 0.415 e. The van der Waals surface area contributed by atoms with Crippen molar-refractivity contribution < 1.29 is 14.6 Å². The van der Waals surface area contributed by atoms with Crippen LogP contribution in [-0.4, -0.2) is 38.5 Å². The molecule has 4 rings (SSSR count). The number of ether oxygens (including phenoxy) is 1. The van der Waals surface area contributed by atoms with Crippen molar-refractivity contribution in [2.45, 2.75) is 18.8 Å². The lowest BCUT2D eigenvalue weighted by atomic mass is 9.96. The highest BCUT2D eigenvalue weighted by Crippen LogP contribution is 2.28. The first kappa shape index (κ1) is 15.3. The zero-order chi connectivity index (χ0) is 17.2. The van der Waals surface area contributed by atoms with Crippen molar-refractivity contribution in [3.8, 4) is 11.6 Å². The fourth-order valence-corrected chi connectivity index (χ4v) is 3.01. The largest absolute Gasteiger partial charge is 0.464 e. The van der Waals surface area contributed by atoms with Crippen LogP contribution in [0.1, 0.15) is 24.5 Å². The summed E-state index contributed by atoms with van der Waals surface area (Å²) in [7, 11) is 0. The van der Waals surface area contributed by atoms with E-state index in [0.717, 1.165) is 30.5 Å². The van der Waals surface area contributed by atoms with Crippen LogP contribution in [0.4, 0.5) is 4.79 Å². The molecule has 1 aliphatic rings. The molecule has 1 N–H and O–H groups in total. The van der Waals surface area contributed by atoms with E-state index < -0.39 is 6.09 Å². The van der Waals surface area contributed by atoms with Gasteiger partial charge < -0.3 is 9.84 Å². The smallest absolute Gasteiger partial charge is 0.415 e. The number of aliphatic imine (C=N–C) groups is 1. The van der Waals surface area contributed by atoms with Crippen LogP contribution in [0.2, 0.25) is 0 Å². The Balaban J connectivity index is 1.58. The van der Waals surface area contributed by atoms with Crippen LogP contribution in [-0.2, 0) is 0 Å². The average molecular weight is 336 g/mol. The van der Waals surface area contributed by atoms with Gasteiger partial charge in [0.25, 0.3) is 0 Å². The van der Waals surface area contributed by atoms with Crippen LogP contribution in [0, 0.1) is 0 Å². The van der Waals surface area contributed by atoms with Crippen LogP contribution in [0.5, 0.6) is 11.6 Å². The molecule has 7 nitrogen and oxygen atoms in total. The highest BCUT2D eigenvalue weighted by molar-refractivity contribution is 5.89. The first-order valence-corrected chi connectivity index (χ1v) is 8.03. The molecule has 2 aromatic heterocycles. The van der Waals surface area contributed by atoms with Crippen molar-refractivity contribution in [1.29, 1.82) is 0 Å². The van der Waals surface area contributed by atoms with E-state index in [4.69, 9.17) is 9.84 Å². The molecule has 0 radical (unpaired) electrons. The molecule has 1 unspecified atom stereocenters. The quantitative estimate of drug-likeness (QED) is 0.787. The standard InChI is InChI=1S/C18H16N4O3/c23-18(24)22-8-5-13-9-14(1-2-16(13)22)25-17-10-15(20-11-21-17)12-3-6-19-7-4-12/h1-2,5-6,8-12H,3-4,7H2,(H,23,24). The predicted octanol–water partition coefficient (Wildman–Crippen LogP) is 3.70. The summed E-state index contributed by atoms with van der Waals surface area (Å²) in [5.74, 6) is 1.42. The molecule has 1 atom stereocenters. The molecule has 0 saturated heterocycles. The van der Waals surface area contributed by atoms with Gasteiger partial charge in [-0.25, -0.2) is 14.8 Å². The van der Waals surface area contributed by atoms with Crippen molar-refractivity contribution in [1.82, 2.24) is 14.5 Å². The Hall–Kier alpha value is -3.22. The summed E-state index contributed by atoms with van der Waals surface area (Å²) in [6, 6.07) is 8.85. The molecule has 126 valence electrons. The molecule has 7 heteroatoms. The fraction of sp³-hybridized carbons (Fsp3) is 0.222. The second-order valence-corrected chi connectivity index (χ2v) is 5.88. The van der Waals surface area contributed by atoms with Crippen LogP contribution in [0.3, 0.4) is 0 Å². The van der Waals surface area contributed by atoms with Gasteiger partial charge >= 0.3 is 6.09 Å². The van der Waals surface area contributed by atoms with Gasteiger partial charge in [-0.15, -0.1) is 0 Å². The number of carbonyl (C=O) groups is 1. The van der Waals surface area contributed by atoms with Gasteiger partial charge in [0.15, 0.2) is 0 Å². The maximum atomic E-state index is 11.1. The molecule has 1 aromatic carbocycles. The number of aromatic nitrogens is 3. The van der Waals surface area contributed by atoms with Crippen molar-refractivity contribution in [2.75, 3.05) is 6.54 Å². The number of benzene rings is 1. The molecule has 0 aliphatic carbocycles. The number of nitrogens with zero attached hydrogens (tertiary/aromatic N) is 4. The third-order valence-corrected chi connectivity index (χ3v) is 4.30. The summed E-state index contributed by atoms with van der Waals surface area (Å²) in [5.41, 5.74) is 1.57. The van der Waals surface area contributed by atoms with Gasteiger partial charge in [0.05, 0.1) is 11.2 Å². The average Bonchev–Trinajstić information content (AvgIpc) is 3.06. The van der Waals surface area contributed by atoms with Gasteiger partial charge in [-0.2, -0.15) is 0 Å². The molecule has 0 spiro atoms. The van der Waals surface area contributed by atoms with Gasteiger partial charge in [0.1, 0.15) is 12.1 Å². The minimum absolute atomic E-state index is 0.343. The highest BCUT2D eigenvalue weighted by atomic mass is 16.5. The van der Waals surface area contributed by atoms with Crippen LogP contribution in [0.15, 0.2) is 47.8 Å². The molecule has 0 fully saturated rings. The highest BCUT2D eigenvalue weighted by Gasteiger charge is 2.16. The third-order valence-electron chi connectivity index (χ3n) is 4.30. The van der Waals surface area contributed by atoms with Gasteiger partial charge in [0.2, 0.25) is 5.88 Å². The topological polar surface area (TPSA) is 89.6 Å². The number of hydrogen-bond donors (Lipinski definition) is 1. The van der Waals surface area contributed by atoms with E-state index in [2.05, 4.69) is 15.0 Å². The summed E-state index contributed by atoms with van der Waals surface area (Å²) in [4.78, 5) is 23.9. The molecule has 1 aliphatic heterocycles. The summed E-state index contributed by atoms with van der Waals surface area (Å²) in [6.45, 7) is 0.822. The zero-order valence-corrected chi connectivity index (χ0v) is 13.4. The molecule has 3 heterocycles.